The number of amides is 1. The molecule has 5 heteroatoms. The van der Waals surface area contributed by atoms with Crippen molar-refractivity contribution in [2.24, 2.45) is 5.73 Å². The summed E-state index contributed by atoms with van der Waals surface area (Å²) in [4.78, 5) is 14.1. The Morgan fingerprint density at radius 3 is 3.12 bits per heavy atom. The molecule has 1 aliphatic heterocycles. The van der Waals surface area contributed by atoms with Gasteiger partial charge in [0.25, 0.3) is 5.91 Å². The predicted octanol–water partition coefficient (Wildman–Crippen LogP) is 1.71. The molecule has 2 N–H and O–H groups in total. The standard InChI is InChI=1S/C12H18N2O2S/c1-2-10-8-14(5-6-17-10)12(15)11-4-3-9(7-13)16-11/h3-4,10H,2,5-8,13H2,1H3. The zero-order chi connectivity index (χ0) is 12.3. The Morgan fingerprint density at radius 1 is 1.65 bits per heavy atom. The molecule has 0 aliphatic carbocycles. The van der Waals surface area contributed by atoms with Crippen LogP contribution >= 0.6 is 11.8 Å². The fourth-order valence-electron chi connectivity index (χ4n) is 1.91. The fraction of sp³-hybridized carbons (Fsp3) is 0.583. The summed E-state index contributed by atoms with van der Waals surface area (Å²) >= 11 is 1.94. The van der Waals surface area contributed by atoms with Crippen LogP contribution in [-0.2, 0) is 6.54 Å². The number of hydrogen-bond acceptors (Lipinski definition) is 4. The van der Waals surface area contributed by atoms with Gasteiger partial charge < -0.3 is 15.1 Å². The highest BCUT2D eigenvalue weighted by molar-refractivity contribution is 8.00. The second kappa shape index (κ2) is 5.60. The van der Waals surface area contributed by atoms with Gasteiger partial charge in [-0.25, -0.2) is 0 Å². The monoisotopic (exact) mass is 254 g/mol. The van der Waals surface area contributed by atoms with E-state index in [-0.39, 0.29) is 5.91 Å². The number of thioether (sulfide) groups is 1. The number of hydrogen-bond donors (Lipinski definition) is 1. The van der Waals surface area contributed by atoms with Crippen LogP contribution in [0.1, 0.15) is 29.7 Å². The molecule has 0 aromatic carbocycles. The molecular weight excluding hydrogens is 236 g/mol. The Bertz CT molecular complexity index is 392. The molecule has 2 rings (SSSR count). The summed E-state index contributed by atoms with van der Waals surface area (Å²) in [6.07, 6.45) is 1.10. The van der Waals surface area contributed by atoms with Gasteiger partial charge in [-0.1, -0.05) is 6.92 Å². The van der Waals surface area contributed by atoms with Crippen LogP contribution in [0.15, 0.2) is 16.5 Å². The van der Waals surface area contributed by atoms with E-state index in [2.05, 4.69) is 6.92 Å². The number of carbonyl (C=O) groups is 1. The van der Waals surface area contributed by atoms with Gasteiger partial charge in [0, 0.05) is 24.1 Å². The molecule has 94 valence electrons. The van der Waals surface area contributed by atoms with E-state index < -0.39 is 0 Å². The molecular formula is C12H18N2O2S. The summed E-state index contributed by atoms with van der Waals surface area (Å²) in [5.74, 6) is 2.07. The first kappa shape index (κ1) is 12.5. The lowest BCUT2D eigenvalue weighted by Crippen LogP contribution is -2.41. The average molecular weight is 254 g/mol. The number of nitrogens with zero attached hydrogens (tertiary/aromatic N) is 1. The maximum atomic E-state index is 12.2. The van der Waals surface area contributed by atoms with Crippen LogP contribution in [0.25, 0.3) is 0 Å². The van der Waals surface area contributed by atoms with Gasteiger partial charge >= 0.3 is 0 Å². The first-order chi connectivity index (χ1) is 8.24. The third-order valence-corrected chi connectivity index (χ3v) is 4.33. The molecule has 2 heterocycles. The second-order valence-electron chi connectivity index (χ2n) is 4.12. The van der Waals surface area contributed by atoms with Gasteiger partial charge in [0.1, 0.15) is 5.76 Å². The van der Waals surface area contributed by atoms with Gasteiger partial charge in [-0.05, 0) is 18.6 Å². The fourth-order valence-corrected chi connectivity index (χ4v) is 3.09. The van der Waals surface area contributed by atoms with Crippen molar-refractivity contribution in [1.29, 1.82) is 0 Å². The molecule has 1 unspecified atom stereocenters. The van der Waals surface area contributed by atoms with E-state index in [4.69, 9.17) is 10.2 Å². The first-order valence-corrected chi connectivity index (χ1v) is 6.99. The van der Waals surface area contributed by atoms with Gasteiger partial charge in [0.2, 0.25) is 0 Å². The van der Waals surface area contributed by atoms with Crippen LogP contribution in [0.2, 0.25) is 0 Å². The van der Waals surface area contributed by atoms with Crippen LogP contribution in [0.4, 0.5) is 0 Å². The minimum atomic E-state index is -0.0107. The molecule has 0 spiro atoms. The number of rotatable bonds is 3. The van der Waals surface area contributed by atoms with Crippen LogP contribution in [0.5, 0.6) is 0 Å². The third-order valence-electron chi connectivity index (χ3n) is 2.95. The molecule has 1 atom stereocenters. The van der Waals surface area contributed by atoms with E-state index in [1.807, 2.05) is 16.7 Å². The highest BCUT2D eigenvalue weighted by Crippen LogP contribution is 2.22. The normalized spacial score (nSPS) is 20.6. The van der Waals surface area contributed by atoms with Crippen molar-refractivity contribution >= 4 is 17.7 Å². The Balaban J connectivity index is 2.03. The minimum absolute atomic E-state index is 0.0107. The smallest absolute Gasteiger partial charge is 0.289 e. The van der Waals surface area contributed by atoms with Gasteiger partial charge in [0.15, 0.2) is 5.76 Å². The zero-order valence-corrected chi connectivity index (χ0v) is 10.8. The topological polar surface area (TPSA) is 59.5 Å². The summed E-state index contributed by atoms with van der Waals surface area (Å²) in [7, 11) is 0. The summed E-state index contributed by atoms with van der Waals surface area (Å²) in [6.45, 7) is 4.11. The van der Waals surface area contributed by atoms with Crippen molar-refractivity contribution in [3.8, 4) is 0 Å². The number of nitrogens with two attached hydrogens (primary N) is 1. The molecule has 1 aromatic rings. The summed E-state index contributed by atoms with van der Waals surface area (Å²) in [5.41, 5.74) is 5.46. The molecule has 0 bridgehead atoms. The quantitative estimate of drug-likeness (QED) is 0.892. The SMILES string of the molecule is CCC1CN(C(=O)c2ccc(CN)o2)CCS1. The van der Waals surface area contributed by atoms with Crippen molar-refractivity contribution in [2.75, 3.05) is 18.8 Å². The Labute approximate surface area is 106 Å². The number of furan rings is 1. The van der Waals surface area contributed by atoms with Gasteiger partial charge in [-0.3, -0.25) is 4.79 Å². The van der Waals surface area contributed by atoms with Crippen LogP contribution < -0.4 is 5.73 Å². The van der Waals surface area contributed by atoms with Crippen molar-refractivity contribution in [1.82, 2.24) is 4.90 Å². The van der Waals surface area contributed by atoms with Crippen molar-refractivity contribution in [3.05, 3.63) is 23.7 Å². The lowest BCUT2D eigenvalue weighted by Gasteiger charge is -2.31. The molecule has 1 saturated heterocycles. The van der Waals surface area contributed by atoms with Gasteiger partial charge in [0.05, 0.1) is 6.54 Å². The number of carbonyl (C=O) groups excluding carboxylic acids is 1. The Morgan fingerprint density at radius 2 is 2.47 bits per heavy atom. The van der Waals surface area contributed by atoms with Gasteiger partial charge in [-0.15, -0.1) is 0 Å². The molecule has 0 saturated carbocycles. The average Bonchev–Trinajstić information content (AvgIpc) is 2.86. The highest BCUT2D eigenvalue weighted by atomic mass is 32.2. The predicted molar refractivity (Wildman–Crippen MR) is 69.0 cm³/mol. The maximum Gasteiger partial charge on any atom is 0.289 e. The lowest BCUT2D eigenvalue weighted by molar-refractivity contribution is 0.0727. The van der Waals surface area contributed by atoms with E-state index in [1.165, 1.54) is 0 Å². The second-order valence-corrected chi connectivity index (χ2v) is 5.53. The molecule has 1 fully saturated rings. The molecule has 17 heavy (non-hydrogen) atoms. The molecule has 0 radical (unpaired) electrons. The van der Waals surface area contributed by atoms with E-state index in [0.29, 0.717) is 23.3 Å². The largest absolute Gasteiger partial charge is 0.455 e. The summed E-state index contributed by atoms with van der Waals surface area (Å²) in [6, 6.07) is 3.48. The molecule has 1 aliphatic rings. The van der Waals surface area contributed by atoms with E-state index in [9.17, 15) is 4.79 Å². The Kier molecular flexibility index (Phi) is 4.12. The zero-order valence-electron chi connectivity index (χ0n) is 10.0. The van der Waals surface area contributed by atoms with Gasteiger partial charge in [-0.2, -0.15) is 11.8 Å². The van der Waals surface area contributed by atoms with E-state index in [1.54, 1.807) is 12.1 Å². The third kappa shape index (κ3) is 2.84. The van der Waals surface area contributed by atoms with Crippen LogP contribution in [-0.4, -0.2) is 34.9 Å². The van der Waals surface area contributed by atoms with Crippen LogP contribution in [0, 0.1) is 0 Å². The molecule has 1 amide bonds. The van der Waals surface area contributed by atoms with E-state index in [0.717, 1.165) is 25.3 Å². The van der Waals surface area contributed by atoms with Crippen molar-refractivity contribution in [3.63, 3.8) is 0 Å². The van der Waals surface area contributed by atoms with Crippen LogP contribution in [0.3, 0.4) is 0 Å². The molecule has 1 aromatic heterocycles. The molecule has 4 nitrogen and oxygen atoms in total. The minimum Gasteiger partial charge on any atom is -0.455 e. The van der Waals surface area contributed by atoms with Crippen molar-refractivity contribution < 1.29 is 9.21 Å². The first-order valence-electron chi connectivity index (χ1n) is 5.94. The van der Waals surface area contributed by atoms with Crippen molar-refractivity contribution in [2.45, 2.75) is 25.1 Å². The summed E-state index contributed by atoms with van der Waals surface area (Å²) in [5, 5.41) is 0.552. The maximum absolute atomic E-state index is 12.2. The highest BCUT2D eigenvalue weighted by Gasteiger charge is 2.25. The lowest BCUT2D eigenvalue weighted by atomic mass is 10.2. The van der Waals surface area contributed by atoms with E-state index >= 15 is 0 Å². The summed E-state index contributed by atoms with van der Waals surface area (Å²) < 4.78 is 5.39. The Hall–Kier alpha value is -0.940.